The van der Waals surface area contributed by atoms with Crippen LogP contribution < -0.4 is 10.1 Å². The van der Waals surface area contributed by atoms with Crippen molar-refractivity contribution < 1.29 is 13.9 Å². The highest BCUT2D eigenvalue weighted by Crippen LogP contribution is 2.35. The van der Waals surface area contributed by atoms with Crippen molar-refractivity contribution in [1.82, 2.24) is 14.8 Å². The lowest BCUT2D eigenvalue weighted by Crippen LogP contribution is -2.32. The fourth-order valence-electron chi connectivity index (χ4n) is 2.86. The first-order chi connectivity index (χ1) is 12.2. The summed E-state index contributed by atoms with van der Waals surface area (Å²) in [5.41, 5.74) is 1.49. The average Bonchev–Trinajstić information content (AvgIpc) is 3.25. The lowest BCUT2D eigenvalue weighted by atomic mass is 10.0. The molecule has 4 rings (SSSR count). The van der Waals surface area contributed by atoms with Crippen LogP contribution in [0.4, 0.5) is 5.82 Å². The molecule has 0 bridgehead atoms. The molecule has 0 spiro atoms. The number of fused-ring (bicyclic) bond motifs is 1. The van der Waals surface area contributed by atoms with Gasteiger partial charge in [-0.15, -0.1) is 0 Å². The molecule has 25 heavy (non-hydrogen) atoms. The van der Waals surface area contributed by atoms with Crippen molar-refractivity contribution in [3.05, 3.63) is 47.4 Å². The van der Waals surface area contributed by atoms with Crippen molar-refractivity contribution in [1.29, 1.82) is 0 Å². The summed E-state index contributed by atoms with van der Waals surface area (Å²) in [6.45, 7) is 2.55. The zero-order valence-electron chi connectivity index (χ0n) is 13.4. The molecule has 0 aliphatic carbocycles. The molecule has 1 aliphatic heterocycles. The molecule has 0 saturated carbocycles. The number of oxazole rings is 1. The van der Waals surface area contributed by atoms with E-state index in [1.165, 1.54) is 6.26 Å². The number of carbonyl (C=O) groups excluding carboxylic acids is 1. The molecule has 0 fully saturated rings. The van der Waals surface area contributed by atoms with Crippen molar-refractivity contribution in [2.45, 2.75) is 19.5 Å². The second kappa shape index (κ2) is 6.25. The fraction of sp³-hybridized carbons (Fsp3) is 0.235. The van der Waals surface area contributed by atoms with Crippen molar-refractivity contribution in [2.24, 2.45) is 0 Å². The number of rotatable bonds is 4. The van der Waals surface area contributed by atoms with Crippen LogP contribution in [-0.4, -0.2) is 27.2 Å². The van der Waals surface area contributed by atoms with Gasteiger partial charge in [0.1, 0.15) is 30.4 Å². The van der Waals surface area contributed by atoms with Gasteiger partial charge in [0.05, 0.1) is 29.6 Å². The molecule has 1 atom stereocenters. The molecule has 0 radical (unpaired) electrons. The lowest BCUT2D eigenvalue weighted by Gasteiger charge is -2.26. The van der Waals surface area contributed by atoms with Crippen LogP contribution in [0.15, 0.2) is 41.3 Å². The quantitative estimate of drug-likeness (QED) is 0.770. The Hall–Kier alpha value is -2.80. The van der Waals surface area contributed by atoms with Crippen LogP contribution in [0, 0.1) is 0 Å². The molecule has 1 unspecified atom stereocenters. The molecule has 1 aromatic carbocycles. The maximum absolute atomic E-state index is 12.6. The van der Waals surface area contributed by atoms with Crippen LogP contribution in [0.5, 0.6) is 5.75 Å². The molecule has 0 amide bonds. The number of nitrogens with zero attached hydrogens (tertiary/aromatic N) is 3. The van der Waals surface area contributed by atoms with Crippen molar-refractivity contribution in [3.8, 4) is 17.2 Å². The number of nitrogens with one attached hydrogen (secondary N) is 1. The fourth-order valence-corrected chi connectivity index (χ4v) is 3.03. The van der Waals surface area contributed by atoms with Gasteiger partial charge in [0.25, 0.3) is 0 Å². The summed E-state index contributed by atoms with van der Waals surface area (Å²) in [4.78, 5) is 16.7. The third-order valence-corrected chi connectivity index (χ3v) is 4.31. The number of anilines is 1. The van der Waals surface area contributed by atoms with E-state index in [0.29, 0.717) is 34.7 Å². The summed E-state index contributed by atoms with van der Waals surface area (Å²) in [7, 11) is 0. The maximum atomic E-state index is 12.6. The number of carbonyl (C=O) groups is 1. The Labute approximate surface area is 148 Å². The van der Waals surface area contributed by atoms with E-state index in [2.05, 4.69) is 15.4 Å². The van der Waals surface area contributed by atoms with Gasteiger partial charge in [0.15, 0.2) is 5.78 Å². The van der Waals surface area contributed by atoms with Gasteiger partial charge in [-0.05, 0) is 24.6 Å². The Kier molecular flexibility index (Phi) is 3.93. The molecule has 8 heteroatoms. The average molecular weight is 359 g/mol. The standard InChI is InChI=1S/C17H15ClN4O3/c1-2-24-14-7-10(3-4-12(14)18)15-13(23)9-22-16(21-15)11(8-20-22)17-19-5-6-25-17/h3-8,15,21H,2,9H2,1H3. The minimum absolute atomic E-state index is 0.000625. The van der Waals surface area contributed by atoms with E-state index in [-0.39, 0.29) is 12.3 Å². The smallest absolute Gasteiger partial charge is 0.231 e. The van der Waals surface area contributed by atoms with Gasteiger partial charge in [0.2, 0.25) is 5.89 Å². The Morgan fingerprint density at radius 3 is 3.12 bits per heavy atom. The van der Waals surface area contributed by atoms with Crippen LogP contribution in [-0.2, 0) is 11.3 Å². The predicted molar refractivity (Wildman–Crippen MR) is 91.7 cm³/mol. The van der Waals surface area contributed by atoms with E-state index in [9.17, 15) is 4.79 Å². The second-order valence-corrected chi connectivity index (χ2v) is 5.98. The molecule has 1 aliphatic rings. The number of ketones is 1. The topological polar surface area (TPSA) is 82.2 Å². The molecule has 3 heterocycles. The number of Topliss-reactive ketones (excluding diaryl/α,β-unsaturated/α-hetero) is 1. The van der Waals surface area contributed by atoms with Gasteiger partial charge in [-0.3, -0.25) is 4.79 Å². The van der Waals surface area contributed by atoms with E-state index in [0.717, 1.165) is 5.56 Å². The normalized spacial score (nSPS) is 16.4. The Morgan fingerprint density at radius 2 is 2.36 bits per heavy atom. The molecule has 3 aromatic rings. The minimum atomic E-state index is -0.519. The van der Waals surface area contributed by atoms with Crippen LogP contribution >= 0.6 is 11.6 Å². The van der Waals surface area contributed by atoms with E-state index in [4.69, 9.17) is 20.8 Å². The summed E-state index contributed by atoms with van der Waals surface area (Å²) < 4.78 is 12.5. The van der Waals surface area contributed by atoms with E-state index in [1.54, 1.807) is 29.2 Å². The number of aromatic nitrogens is 3. The van der Waals surface area contributed by atoms with Gasteiger partial charge < -0.3 is 14.5 Å². The first-order valence-corrected chi connectivity index (χ1v) is 8.22. The lowest BCUT2D eigenvalue weighted by molar-refractivity contribution is -0.121. The van der Waals surface area contributed by atoms with Crippen LogP contribution in [0.1, 0.15) is 18.5 Å². The highest BCUT2D eigenvalue weighted by molar-refractivity contribution is 6.32. The maximum Gasteiger partial charge on any atom is 0.231 e. The minimum Gasteiger partial charge on any atom is -0.492 e. The van der Waals surface area contributed by atoms with Gasteiger partial charge in [0, 0.05) is 0 Å². The largest absolute Gasteiger partial charge is 0.492 e. The SMILES string of the molecule is CCOc1cc(C2Nc3c(-c4ncco4)cnn3CC2=O)ccc1Cl. The summed E-state index contributed by atoms with van der Waals surface area (Å²) in [5.74, 6) is 1.70. The number of hydrogen-bond donors (Lipinski definition) is 1. The first-order valence-electron chi connectivity index (χ1n) is 7.84. The van der Waals surface area contributed by atoms with Crippen molar-refractivity contribution in [2.75, 3.05) is 11.9 Å². The second-order valence-electron chi connectivity index (χ2n) is 5.57. The molecular formula is C17H15ClN4O3. The third kappa shape index (κ3) is 2.76. The van der Waals surface area contributed by atoms with Crippen molar-refractivity contribution >= 4 is 23.2 Å². The zero-order chi connectivity index (χ0) is 17.4. The third-order valence-electron chi connectivity index (χ3n) is 4.00. The number of benzene rings is 1. The molecule has 128 valence electrons. The van der Waals surface area contributed by atoms with Crippen LogP contribution in [0.2, 0.25) is 5.02 Å². The summed E-state index contributed by atoms with van der Waals surface area (Å²) in [5, 5.41) is 7.99. The highest BCUT2D eigenvalue weighted by atomic mass is 35.5. The Balaban J connectivity index is 1.71. The van der Waals surface area contributed by atoms with Gasteiger partial charge in [-0.1, -0.05) is 17.7 Å². The molecule has 7 nitrogen and oxygen atoms in total. The number of ether oxygens (including phenoxy) is 1. The predicted octanol–water partition coefficient (Wildman–Crippen LogP) is 3.33. The van der Waals surface area contributed by atoms with Gasteiger partial charge in [-0.2, -0.15) is 5.10 Å². The van der Waals surface area contributed by atoms with Crippen LogP contribution in [0.25, 0.3) is 11.5 Å². The molecule has 2 aromatic heterocycles. The zero-order valence-corrected chi connectivity index (χ0v) is 14.2. The summed E-state index contributed by atoms with van der Waals surface area (Å²) in [6.07, 6.45) is 4.70. The Bertz CT molecular complexity index is 920. The van der Waals surface area contributed by atoms with Gasteiger partial charge in [-0.25, -0.2) is 9.67 Å². The number of halogens is 1. The first kappa shape index (κ1) is 15.7. The van der Waals surface area contributed by atoms with Gasteiger partial charge >= 0.3 is 0 Å². The monoisotopic (exact) mass is 358 g/mol. The summed E-state index contributed by atoms with van der Waals surface area (Å²) in [6, 6.07) is 4.82. The highest BCUT2D eigenvalue weighted by Gasteiger charge is 2.31. The van der Waals surface area contributed by atoms with E-state index >= 15 is 0 Å². The van der Waals surface area contributed by atoms with E-state index in [1.807, 2.05) is 13.0 Å². The number of hydrogen-bond acceptors (Lipinski definition) is 6. The summed E-state index contributed by atoms with van der Waals surface area (Å²) >= 11 is 6.14. The van der Waals surface area contributed by atoms with E-state index < -0.39 is 6.04 Å². The van der Waals surface area contributed by atoms with Crippen LogP contribution in [0.3, 0.4) is 0 Å². The molecular weight excluding hydrogens is 344 g/mol. The van der Waals surface area contributed by atoms with Crippen molar-refractivity contribution in [3.63, 3.8) is 0 Å². The molecule has 0 saturated heterocycles. The molecule has 1 N–H and O–H groups in total. The Morgan fingerprint density at radius 1 is 1.48 bits per heavy atom.